The molecule has 0 atom stereocenters. The standard InChI is InChI=1S/C16H19NO4/c1-3-21-15(19)12-17(2)16(20)14-9-7-13(8-10-14)6-4-5-11-18/h7-10,18H,3,5,11-12H2,1-2H3. The summed E-state index contributed by atoms with van der Waals surface area (Å²) in [6.45, 7) is 1.96. The van der Waals surface area contributed by atoms with Crippen molar-refractivity contribution < 1.29 is 19.4 Å². The molecule has 0 bridgehead atoms. The van der Waals surface area contributed by atoms with Crippen LogP contribution in [0.3, 0.4) is 0 Å². The molecule has 0 heterocycles. The van der Waals surface area contributed by atoms with Crippen LogP contribution in [0.5, 0.6) is 0 Å². The number of nitrogens with zero attached hydrogens (tertiary/aromatic N) is 1. The van der Waals surface area contributed by atoms with E-state index in [2.05, 4.69) is 11.8 Å². The molecule has 0 saturated heterocycles. The van der Waals surface area contributed by atoms with E-state index in [4.69, 9.17) is 9.84 Å². The normalized spacial score (nSPS) is 9.48. The number of ether oxygens (including phenoxy) is 1. The molecule has 1 aromatic rings. The van der Waals surface area contributed by atoms with Gasteiger partial charge in [-0.25, -0.2) is 0 Å². The SMILES string of the molecule is CCOC(=O)CN(C)C(=O)c1ccc(C#CCCO)cc1. The van der Waals surface area contributed by atoms with E-state index in [0.29, 0.717) is 18.6 Å². The van der Waals surface area contributed by atoms with Gasteiger partial charge >= 0.3 is 5.97 Å². The van der Waals surface area contributed by atoms with Crippen molar-refractivity contribution in [2.45, 2.75) is 13.3 Å². The monoisotopic (exact) mass is 289 g/mol. The van der Waals surface area contributed by atoms with Crippen LogP contribution < -0.4 is 0 Å². The molecule has 5 heteroatoms. The minimum Gasteiger partial charge on any atom is -0.465 e. The fourth-order valence-corrected chi connectivity index (χ4v) is 1.61. The smallest absolute Gasteiger partial charge is 0.325 e. The Morgan fingerprint density at radius 2 is 1.95 bits per heavy atom. The van der Waals surface area contributed by atoms with Crippen LogP contribution in [-0.4, -0.2) is 48.7 Å². The fourth-order valence-electron chi connectivity index (χ4n) is 1.61. The first kappa shape index (κ1) is 16.7. The lowest BCUT2D eigenvalue weighted by atomic mass is 10.1. The fraction of sp³-hybridized carbons (Fsp3) is 0.375. The van der Waals surface area contributed by atoms with E-state index in [1.54, 1.807) is 38.2 Å². The van der Waals surface area contributed by atoms with Crippen LogP contribution >= 0.6 is 0 Å². The lowest BCUT2D eigenvalue weighted by Crippen LogP contribution is -2.33. The number of hydrogen-bond donors (Lipinski definition) is 1. The number of carbonyl (C=O) groups excluding carboxylic acids is 2. The van der Waals surface area contributed by atoms with Crippen molar-refractivity contribution in [2.24, 2.45) is 0 Å². The first-order valence-corrected chi connectivity index (χ1v) is 6.69. The molecule has 1 rings (SSSR count). The Balaban J connectivity index is 2.66. The highest BCUT2D eigenvalue weighted by Crippen LogP contribution is 2.06. The molecular formula is C16H19NO4. The molecule has 5 nitrogen and oxygen atoms in total. The van der Waals surface area contributed by atoms with E-state index >= 15 is 0 Å². The second-order valence-electron chi connectivity index (χ2n) is 4.32. The van der Waals surface area contributed by atoms with Gasteiger partial charge in [-0.05, 0) is 31.2 Å². The Morgan fingerprint density at radius 3 is 2.52 bits per heavy atom. The first-order valence-electron chi connectivity index (χ1n) is 6.69. The van der Waals surface area contributed by atoms with Gasteiger partial charge in [0.05, 0.1) is 13.2 Å². The van der Waals surface area contributed by atoms with Gasteiger partial charge in [0.2, 0.25) is 0 Å². The summed E-state index contributed by atoms with van der Waals surface area (Å²) in [5.74, 6) is 5.00. The zero-order valence-electron chi connectivity index (χ0n) is 12.3. The van der Waals surface area contributed by atoms with Gasteiger partial charge in [-0.2, -0.15) is 0 Å². The Kier molecular flexibility index (Phi) is 6.99. The topological polar surface area (TPSA) is 66.8 Å². The van der Waals surface area contributed by atoms with Gasteiger partial charge in [0.15, 0.2) is 0 Å². The average molecular weight is 289 g/mol. The van der Waals surface area contributed by atoms with Gasteiger partial charge in [-0.15, -0.1) is 0 Å². The molecule has 0 aromatic heterocycles. The summed E-state index contributed by atoms with van der Waals surface area (Å²) >= 11 is 0. The van der Waals surface area contributed by atoms with Crippen LogP contribution in [0.1, 0.15) is 29.3 Å². The Bertz CT molecular complexity index is 540. The van der Waals surface area contributed by atoms with Crippen molar-refractivity contribution in [2.75, 3.05) is 26.8 Å². The average Bonchev–Trinajstić information content (AvgIpc) is 2.47. The van der Waals surface area contributed by atoms with E-state index in [1.165, 1.54) is 4.90 Å². The number of amides is 1. The summed E-state index contributed by atoms with van der Waals surface area (Å²) in [7, 11) is 1.55. The maximum absolute atomic E-state index is 12.1. The number of hydrogen-bond acceptors (Lipinski definition) is 4. The number of aliphatic hydroxyl groups is 1. The molecule has 0 radical (unpaired) electrons. The van der Waals surface area contributed by atoms with E-state index in [0.717, 1.165) is 5.56 Å². The molecule has 0 saturated carbocycles. The van der Waals surface area contributed by atoms with Crippen molar-refractivity contribution in [1.29, 1.82) is 0 Å². The summed E-state index contributed by atoms with van der Waals surface area (Å²) in [6.07, 6.45) is 0.420. The number of likely N-dealkylation sites (N-methyl/N-ethyl adjacent to an activating group) is 1. The number of rotatable bonds is 5. The maximum Gasteiger partial charge on any atom is 0.325 e. The van der Waals surface area contributed by atoms with Gasteiger partial charge < -0.3 is 14.7 Å². The molecule has 1 N–H and O–H groups in total. The highest BCUT2D eigenvalue weighted by atomic mass is 16.5. The Labute approximate surface area is 124 Å². The summed E-state index contributed by atoms with van der Waals surface area (Å²) in [5, 5.41) is 8.64. The predicted molar refractivity (Wildman–Crippen MR) is 78.6 cm³/mol. The van der Waals surface area contributed by atoms with E-state index < -0.39 is 5.97 Å². The van der Waals surface area contributed by atoms with Crippen LogP contribution in [0.2, 0.25) is 0 Å². The van der Waals surface area contributed by atoms with E-state index in [1.807, 2.05) is 0 Å². The third-order valence-electron chi connectivity index (χ3n) is 2.62. The zero-order valence-corrected chi connectivity index (χ0v) is 12.3. The number of benzene rings is 1. The van der Waals surface area contributed by atoms with Gasteiger partial charge in [-0.1, -0.05) is 11.8 Å². The third kappa shape index (κ3) is 5.67. The zero-order chi connectivity index (χ0) is 15.7. The molecule has 0 unspecified atom stereocenters. The molecule has 1 aromatic carbocycles. The molecule has 0 spiro atoms. The summed E-state index contributed by atoms with van der Waals surface area (Å²) in [4.78, 5) is 24.8. The summed E-state index contributed by atoms with van der Waals surface area (Å²) in [5.41, 5.74) is 1.25. The van der Waals surface area contributed by atoms with E-state index in [9.17, 15) is 9.59 Å². The number of esters is 1. The van der Waals surface area contributed by atoms with Crippen LogP contribution in [0.4, 0.5) is 0 Å². The van der Waals surface area contributed by atoms with Crippen molar-refractivity contribution in [3.63, 3.8) is 0 Å². The Morgan fingerprint density at radius 1 is 1.29 bits per heavy atom. The van der Waals surface area contributed by atoms with Gasteiger partial charge in [0.1, 0.15) is 6.54 Å². The molecule has 0 aliphatic carbocycles. The van der Waals surface area contributed by atoms with Crippen LogP contribution in [0.25, 0.3) is 0 Å². The molecule has 0 aliphatic rings. The van der Waals surface area contributed by atoms with Gasteiger partial charge in [0, 0.05) is 24.6 Å². The van der Waals surface area contributed by atoms with Crippen LogP contribution in [0, 0.1) is 11.8 Å². The van der Waals surface area contributed by atoms with E-state index in [-0.39, 0.29) is 19.1 Å². The van der Waals surface area contributed by atoms with Gasteiger partial charge in [-0.3, -0.25) is 9.59 Å². The molecule has 112 valence electrons. The minimum atomic E-state index is -0.431. The molecule has 0 fully saturated rings. The van der Waals surface area contributed by atoms with Crippen molar-refractivity contribution in [1.82, 2.24) is 4.90 Å². The lowest BCUT2D eigenvalue weighted by molar-refractivity contribution is -0.143. The quantitative estimate of drug-likeness (QED) is 0.650. The van der Waals surface area contributed by atoms with Gasteiger partial charge in [0.25, 0.3) is 5.91 Å². The van der Waals surface area contributed by atoms with Crippen molar-refractivity contribution in [3.8, 4) is 11.8 Å². The number of aliphatic hydroxyl groups excluding tert-OH is 1. The second-order valence-corrected chi connectivity index (χ2v) is 4.32. The Hall–Kier alpha value is -2.32. The summed E-state index contributed by atoms with van der Waals surface area (Å²) < 4.78 is 4.80. The van der Waals surface area contributed by atoms with Crippen molar-refractivity contribution in [3.05, 3.63) is 35.4 Å². The first-order chi connectivity index (χ1) is 10.1. The van der Waals surface area contributed by atoms with Crippen molar-refractivity contribution >= 4 is 11.9 Å². The molecule has 0 aliphatic heterocycles. The molecular weight excluding hydrogens is 270 g/mol. The highest BCUT2D eigenvalue weighted by molar-refractivity contribution is 5.95. The maximum atomic E-state index is 12.1. The molecule has 1 amide bonds. The third-order valence-corrected chi connectivity index (χ3v) is 2.62. The highest BCUT2D eigenvalue weighted by Gasteiger charge is 2.15. The molecule has 21 heavy (non-hydrogen) atoms. The predicted octanol–water partition coefficient (Wildman–Crippen LogP) is 1.06. The van der Waals surface area contributed by atoms with Crippen LogP contribution in [0.15, 0.2) is 24.3 Å². The minimum absolute atomic E-state index is 0.0300. The van der Waals surface area contributed by atoms with Crippen LogP contribution in [-0.2, 0) is 9.53 Å². The largest absolute Gasteiger partial charge is 0.465 e. The lowest BCUT2D eigenvalue weighted by Gasteiger charge is -2.16. The number of carbonyl (C=O) groups is 2. The second kappa shape index (κ2) is 8.77. The summed E-state index contributed by atoms with van der Waals surface area (Å²) in [6, 6.07) is 6.78.